The van der Waals surface area contributed by atoms with Gasteiger partial charge in [0, 0.05) is 19.3 Å². The van der Waals surface area contributed by atoms with E-state index < -0.39 is 57.7 Å². The molecule has 1 unspecified atom stereocenters. The zero-order valence-corrected chi connectivity index (χ0v) is 37.2. The summed E-state index contributed by atoms with van der Waals surface area (Å²) < 4.78 is 32.5. The summed E-state index contributed by atoms with van der Waals surface area (Å²) in [6.07, 6.45) is 42.9. The zero-order chi connectivity index (χ0) is 43.7. The number of ether oxygens (including phenoxy) is 2. The van der Waals surface area contributed by atoms with Crippen molar-refractivity contribution >= 4 is 31.5 Å². The Balaban J connectivity index is 4.55. The number of allylic oxidation sites excluding steroid dienone is 10. The van der Waals surface area contributed by atoms with E-state index in [9.17, 15) is 28.6 Å². The molecule has 338 valence electrons. The molecule has 3 atom stereocenters. The highest BCUT2D eigenvalue weighted by Gasteiger charge is 2.28. The molecule has 0 amide bonds. The van der Waals surface area contributed by atoms with Gasteiger partial charge in [-0.1, -0.05) is 146 Å². The number of esters is 2. The SMILES string of the molecule is CCCCC/C=C\C/C=C\C/C=C\C=C\C(=O)CCCC(=O)O[C@H](COC(=O)CCCCCCCCC/C=C\CCCCCCCC)COP(=O)(O)OC[C@H](N)C(=O)O. The predicted octanol–water partition coefficient (Wildman–Crippen LogP) is 11.1. The number of aliphatic carboxylic acids is 1. The lowest BCUT2D eigenvalue weighted by atomic mass is 10.1. The van der Waals surface area contributed by atoms with E-state index in [1.54, 1.807) is 12.2 Å². The Morgan fingerprint density at radius 2 is 1.07 bits per heavy atom. The van der Waals surface area contributed by atoms with Gasteiger partial charge in [0.1, 0.15) is 12.6 Å². The Bertz CT molecular complexity index is 1290. The van der Waals surface area contributed by atoms with Crippen molar-refractivity contribution in [2.45, 2.75) is 187 Å². The van der Waals surface area contributed by atoms with Crippen LogP contribution in [0.4, 0.5) is 0 Å². The van der Waals surface area contributed by atoms with Crippen molar-refractivity contribution in [3.8, 4) is 0 Å². The smallest absolute Gasteiger partial charge is 0.472 e. The summed E-state index contributed by atoms with van der Waals surface area (Å²) in [5.41, 5.74) is 5.32. The van der Waals surface area contributed by atoms with Crippen LogP contribution in [-0.4, -0.2) is 65.7 Å². The minimum Gasteiger partial charge on any atom is -0.480 e. The molecule has 0 aromatic carbocycles. The number of carboxylic acids is 1. The van der Waals surface area contributed by atoms with E-state index in [4.69, 9.17) is 24.8 Å². The highest BCUT2D eigenvalue weighted by molar-refractivity contribution is 7.47. The molecule has 4 N–H and O–H groups in total. The van der Waals surface area contributed by atoms with Crippen LogP contribution in [0.2, 0.25) is 0 Å². The average Bonchev–Trinajstić information content (AvgIpc) is 3.20. The number of carbonyl (C=O) groups is 4. The quantitative estimate of drug-likeness (QED) is 0.0132. The van der Waals surface area contributed by atoms with Crippen LogP contribution in [0.15, 0.2) is 60.8 Å². The largest absolute Gasteiger partial charge is 0.480 e. The fourth-order valence-corrected chi connectivity index (χ4v) is 6.44. The van der Waals surface area contributed by atoms with Crippen LogP contribution >= 0.6 is 7.82 Å². The van der Waals surface area contributed by atoms with Crippen molar-refractivity contribution < 1.29 is 52.3 Å². The van der Waals surface area contributed by atoms with E-state index >= 15 is 0 Å². The van der Waals surface area contributed by atoms with Crippen LogP contribution in [0, 0.1) is 0 Å². The fraction of sp³-hybridized carbons (Fsp3) is 0.696. The molecule has 0 saturated carbocycles. The maximum absolute atomic E-state index is 12.6. The van der Waals surface area contributed by atoms with Crippen molar-refractivity contribution in [2.24, 2.45) is 5.73 Å². The summed E-state index contributed by atoms with van der Waals surface area (Å²) in [4.78, 5) is 58.2. The van der Waals surface area contributed by atoms with Crippen LogP contribution in [0.3, 0.4) is 0 Å². The van der Waals surface area contributed by atoms with Gasteiger partial charge >= 0.3 is 25.7 Å². The van der Waals surface area contributed by atoms with Crippen molar-refractivity contribution in [3.63, 3.8) is 0 Å². The number of carboxylic acid groups (broad SMARTS) is 1. The van der Waals surface area contributed by atoms with Gasteiger partial charge in [0.15, 0.2) is 11.9 Å². The van der Waals surface area contributed by atoms with Gasteiger partial charge in [0.25, 0.3) is 0 Å². The number of nitrogens with two attached hydrogens (primary N) is 1. The van der Waals surface area contributed by atoms with Crippen molar-refractivity contribution in [1.29, 1.82) is 0 Å². The van der Waals surface area contributed by atoms with Gasteiger partial charge in [-0.2, -0.15) is 0 Å². The molecule has 0 aliphatic carbocycles. The van der Waals surface area contributed by atoms with E-state index in [2.05, 4.69) is 54.8 Å². The molecular weight excluding hydrogens is 773 g/mol. The van der Waals surface area contributed by atoms with Gasteiger partial charge < -0.3 is 25.2 Å². The fourth-order valence-electron chi connectivity index (χ4n) is 5.66. The van der Waals surface area contributed by atoms with Crippen LogP contribution < -0.4 is 5.73 Å². The minimum atomic E-state index is -4.79. The number of phosphoric acid groups is 1. The second kappa shape index (κ2) is 40.3. The molecule has 0 aliphatic heterocycles. The molecule has 13 heteroatoms. The Morgan fingerprint density at radius 3 is 1.69 bits per heavy atom. The summed E-state index contributed by atoms with van der Waals surface area (Å²) in [5, 5.41) is 8.89. The molecule has 0 aliphatic rings. The Kier molecular flexibility index (Phi) is 38.1. The van der Waals surface area contributed by atoms with Crippen molar-refractivity contribution in [2.75, 3.05) is 19.8 Å². The summed E-state index contributed by atoms with van der Waals surface area (Å²) >= 11 is 0. The molecule has 0 rings (SSSR count). The number of phosphoric ester groups is 1. The summed E-state index contributed by atoms with van der Waals surface area (Å²) in [5.74, 6) is -2.84. The molecular formula is C46H78NO11P. The zero-order valence-electron chi connectivity index (χ0n) is 36.3. The first-order valence-electron chi connectivity index (χ1n) is 22.3. The van der Waals surface area contributed by atoms with E-state index in [1.807, 2.05) is 6.08 Å². The van der Waals surface area contributed by atoms with Crippen LogP contribution in [0.5, 0.6) is 0 Å². The summed E-state index contributed by atoms with van der Waals surface area (Å²) in [6, 6.07) is -1.56. The molecule has 0 heterocycles. The van der Waals surface area contributed by atoms with Gasteiger partial charge in [-0.15, -0.1) is 0 Å². The predicted molar refractivity (Wildman–Crippen MR) is 236 cm³/mol. The van der Waals surface area contributed by atoms with Crippen LogP contribution in [0.1, 0.15) is 174 Å². The van der Waals surface area contributed by atoms with Crippen LogP contribution in [0.25, 0.3) is 0 Å². The third kappa shape index (κ3) is 40.0. The molecule has 0 spiro atoms. The standard InChI is InChI=1S/C46H78NO11P/c1-3-5-7-9-11-13-15-17-18-19-20-22-24-26-28-30-32-36-44(49)55-38-42(39-56-59(53,54)57-40-43(47)46(51)52)58-45(50)37-33-35-41(48)34-31-29-27-25-23-21-16-14-12-10-8-6-4-2/h12,14,17-18,21,23,27,29,31,34,42-43H,3-11,13,15-16,19-20,22,24-26,28,30,32-33,35-40,47H2,1-2H3,(H,51,52)(H,53,54)/b14-12-,18-17-,23-21-,29-27-,34-31+/t42-,43+/m1/s1. The third-order valence-electron chi connectivity index (χ3n) is 9.21. The lowest BCUT2D eigenvalue weighted by Gasteiger charge is -2.20. The van der Waals surface area contributed by atoms with Crippen molar-refractivity contribution in [3.05, 3.63) is 60.8 Å². The molecule has 0 bridgehead atoms. The maximum Gasteiger partial charge on any atom is 0.472 e. The third-order valence-corrected chi connectivity index (χ3v) is 10.2. The van der Waals surface area contributed by atoms with E-state index in [1.165, 1.54) is 83.1 Å². The highest BCUT2D eigenvalue weighted by atomic mass is 31.2. The van der Waals surface area contributed by atoms with Gasteiger partial charge in [0.05, 0.1) is 13.2 Å². The molecule has 59 heavy (non-hydrogen) atoms. The number of carbonyl (C=O) groups excluding carboxylic acids is 3. The van der Waals surface area contributed by atoms with Crippen molar-refractivity contribution in [1.82, 2.24) is 0 Å². The number of hydrogen-bond acceptors (Lipinski definition) is 10. The number of unbranched alkanes of at least 4 members (excludes halogenated alkanes) is 16. The summed E-state index contributed by atoms with van der Waals surface area (Å²) in [6.45, 7) is 2.52. The Morgan fingerprint density at radius 1 is 0.576 bits per heavy atom. The lowest BCUT2D eigenvalue weighted by molar-refractivity contribution is -0.161. The van der Waals surface area contributed by atoms with E-state index in [0.29, 0.717) is 6.42 Å². The first-order valence-corrected chi connectivity index (χ1v) is 23.8. The van der Waals surface area contributed by atoms with Gasteiger partial charge in [-0.3, -0.25) is 28.2 Å². The molecule has 0 aromatic heterocycles. The van der Waals surface area contributed by atoms with Gasteiger partial charge in [-0.05, 0) is 70.3 Å². The maximum atomic E-state index is 12.6. The first-order chi connectivity index (χ1) is 28.5. The average molecular weight is 852 g/mol. The number of hydrogen-bond donors (Lipinski definition) is 3. The normalized spacial score (nSPS) is 14.2. The number of rotatable bonds is 41. The topological polar surface area (TPSA) is 189 Å². The van der Waals surface area contributed by atoms with E-state index in [0.717, 1.165) is 51.4 Å². The van der Waals surface area contributed by atoms with E-state index in [-0.39, 0.29) is 31.5 Å². The number of ketones is 1. The van der Waals surface area contributed by atoms with Gasteiger partial charge in [0.2, 0.25) is 0 Å². The second-order valence-corrected chi connectivity index (χ2v) is 16.3. The molecule has 0 saturated heterocycles. The molecule has 0 radical (unpaired) electrons. The second-order valence-electron chi connectivity index (χ2n) is 14.9. The Hall–Kier alpha value is -3.15. The molecule has 0 fully saturated rings. The minimum absolute atomic E-state index is 0.0975. The summed E-state index contributed by atoms with van der Waals surface area (Å²) in [7, 11) is -4.79. The van der Waals surface area contributed by atoms with Crippen LogP contribution in [-0.2, 0) is 42.3 Å². The Labute approximate surface area is 355 Å². The lowest BCUT2D eigenvalue weighted by Crippen LogP contribution is -2.34. The molecule has 12 nitrogen and oxygen atoms in total. The molecule has 0 aromatic rings. The first kappa shape index (κ1) is 55.9. The van der Waals surface area contributed by atoms with Gasteiger partial charge in [-0.25, -0.2) is 4.57 Å². The highest BCUT2D eigenvalue weighted by Crippen LogP contribution is 2.43. The monoisotopic (exact) mass is 852 g/mol.